The Morgan fingerprint density at radius 1 is 1.33 bits per heavy atom. The first kappa shape index (κ1) is 11.8. The molecule has 82 valence electrons. The van der Waals surface area contributed by atoms with E-state index in [0.717, 1.165) is 11.4 Å². The van der Waals surface area contributed by atoms with Crippen LogP contribution in [0.25, 0.3) is 6.08 Å². The lowest BCUT2D eigenvalue weighted by Gasteiger charge is -2.17. The van der Waals surface area contributed by atoms with Crippen molar-refractivity contribution < 1.29 is 38.6 Å². The topological polar surface area (TPSA) is 128 Å². The van der Waals surface area contributed by atoms with Crippen molar-refractivity contribution in [2.45, 2.75) is 0 Å². The van der Waals surface area contributed by atoms with Crippen molar-refractivity contribution in [2.75, 3.05) is 6.61 Å². The van der Waals surface area contributed by atoms with Crippen LogP contribution in [0.5, 0.6) is 5.75 Å². The molecule has 1 aliphatic rings. The molecule has 0 spiro atoms. The molecule has 2 heterocycles. The fourth-order valence-corrected chi connectivity index (χ4v) is 0.896. The molecule has 1 N–H and O–H groups in total. The first-order valence-corrected chi connectivity index (χ1v) is 4.97. The highest BCUT2D eigenvalue weighted by Gasteiger charge is 2.10. The third kappa shape index (κ3) is 5.25. The number of aromatic nitrogens is 2. The lowest BCUT2D eigenvalue weighted by Crippen LogP contribution is -2.68. The largest absolute Gasteiger partial charge is 0.482 e. The van der Waals surface area contributed by atoms with Gasteiger partial charge in [0.25, 0.3) is 6.33 Å². The number of fused-ring (bicyclic) bond motifs is 1. The molecule has 0 atom stereocenters. The predicted molar refractivity (Wildman–Crippen MR) is 35.3 cm³/mol. The maximum atomic E-state index is 8.49. The van der Waals surface area contributed by atoms with Crippen LogP contribution >= 0.6 is 0 Å². The second-order valence-electron chi connectivity index (χ2n) is 2.41. The minimum Gasteiger partial charge on any atom is -0.482 e. The molecule has 1 aliphatic heterocycles. The van der Waals surface area contributed by atoms with E-state index in [1.54, 1.807) is 12.5 Å². The summed E-state index contributed by atoms with van der Waals surface area (Å²) in [6.07, 6.45) is 7.33. The van der Waals surface area contributed by atoms with Gasteiger partial charge in [-0.2, -0.15) is 0 Å². The lowest BCUT2D eigenvalue weighted by atomic mass is 10.3. The normalized spacial score (nSPS) is 13.3. The van der Waals surface area contributed by atoms with Gasteiger partial charge in [-0.25, -0.2) is 23.6 Å². The van der Waals surface area contributed by atoms with Crippen molar-refractivity contribution in [1.82, 2.24) is 4.98 Å². The number of hydrogen-bond donors (Lipinski definition) is 0. The summed E-state index contributed by atoms with van der Waals surface area (Å²) in [7, 11) is -4.94. The van der Waals surface area contributed by atoms with Crippen molar-refractivity contribution in [1.29, 1.82) is 0 Å². The molecule has 2 rings (SSSR count). The maximum absolute atomic E-state index is 8.49. The average Bonchev–Trinajstić information content (AvgIpc) is 2.16. The van der Waals surface area contributed by atoms with Crippen LogP contribution in [0, 0.1) is 10.2 Å². The van der Waals surface area contributed by atoms with Crippen molar-refractivity contribution in [2.24, 2.45) is 0 Å². The Hall–Kier alpha value is -1.25. The molecule has 0 saturated heterocycles. The second-order valence-corrected chi connectivity index (χ2v) is 3.17. The zero-order valence-electron chi connectivity index (χ0n) is 7.38. The van der Waals surface area contributed by atoms with E-state index < -0.39 is 10.2 Å². The van der Waals surface area contributed by atoms with E-state index in [4.69, 9.17) is 23.4 Å². The van der Waals surface area contributed by atoms with Gasteiger partial charge < -0.3 is 4.74 Å². The molecule has 0 radical (unpaired) electrons. The van der Waals surface area contributed by atoms with Crippen LogP contribution in [0.3, 0.4) is 0 Å². The van der Waals surface area contributed by atoms with Gasteiger partial charge in [0.05, 0.1) is 0 Å². The molecule has 0 saturated carbocycles. The molecule has 15 heavy (non-hydrogen) atoms. The molecule has 0 aromatic carbocycles. The van der Waals surface area contributed by atoms with E-state index in [2.05, 4.69) is 9.97 Å². The van der Waals surface area contributed by atoms with E-state index in [-0.39, 0.29) is 0 Å². The molecule has 0 amide bonds. The van der Waals surface area contributed by atoms with Gasteiger partial charge in [-0.15, -0.1) is 10.2 Å². The number of nitrogens with one attached hydrogen (secondary N) is 1. The summed E-state index contributed by atoms with van der Waals surface area (Å²) >= 11 is 0. The third-order valence-electron chi connectivity index (χ3n) is 1.36. The van der Waals surface area contributed by atoms with Gasteiger partial charge in [-0.1, -0.05) is 0 Å². The van der Waals surface area contributed by atoms with E-state index >= 15 is 0 Å². The lowest BCUT2D eigenvalue weighted by molar-refractivity contribution is -2.00. The number of ether oxygens (including phenoxy) is 1. The predicted octanol–water partition coefficient (Wildman–Crippen LogP) is -4.45. The summed E-state index contributed by atoms with van der Waals surface area (Å²) in [5.41, 5.74) is 0.894. The van der Waals surface area contributed by atoms with Crippen LogP contribution in [0.4, 0.5) is 0 Å². The number of H-pyrrole nitrogens is 1. The van der Waals surface area contributed by atoms with Crippen LogP contribution in [0.1, 0.15) is 5.69 Å². The summed E-state index contributed by atoms with van der Waals surface area (Å²) < 4.78 is 39.2. The first-order valence-electron chi connectivity index (χ1n) is 3.74. The van der Waals surface area contributed by atoms with Crippen LogP contribution in [-0.4, -0.2) is 11.6 Å². The monoisotopic (exact) mass is 234 g/mol. The molecular formula is C7H7ClN2O5. The minimum absolute atomic E-state index is 0.645. The summed E-state index contributed by atoms with van der Waals surface area (Å²) in [6.45, 7) is 0.645. The van der Waals surface area contributed by atoms with Crippen molar-refractivity contribution in [3.8, 4) is 5.75 Å². The van der Waals surface area contributed by atoms with E-state index in [0.29, 0.717) is 6.61 Å². The molecule has 0 unspecified atom stereocenters. The number of aromatic amines is 1. The van der Waals surface area contributed by atoms with Crippen LogP contribution in [-0.2, 0) is 0 Å². The van der Waals surface area contributed by atoms with Crippen molar-refractivity contribution in [3.63, 3.8) is 0 Å². The Kier molecular flexibility index (Phi) is 3.95. The fourth-order valence-electron chi connectivity index (χ4n) is 0.896. The standard InChI is InChI=1S/C7H6N2O.ClHO4/c1-2-6-7(10-3-1)4-8-5-9-6;2-1(3,4)5/h1-2,4-5H,3H2;(H,2,3,4,5). The second kappa shape index (κ2) is 5.01. The maximum Gasteiger partial charge on any atom is 0.284 e. The zero-order valence-corrected chi connectivity index (χ0v) is 8.14. The van der Waals surface area contributed by atoms with Crippen LogP contribution in [0.15, 0.2) is 18.6 Å². The Balaban J connectivity index is 0.000000195. The van der Waals surface area contributed by atoms with Gasteiger partial charge in [0.2, 0.25) is 11.4 Å². The van der Waals surface area contributed by atoms with Crippen LogP contribution in [0.2, 0.25) is 0 Å². The van der Waals surface area contributed by atoms with Gasteiger partial charge >= 0.3 is 0 Å². The number of hydrogen-bond acceptors (Lipinski definition) is 6. The highest BCUT2D eigenvalue weighted by Crippen LogP contribution is 2.16. The molecule has 7 nitrogen and oxygen atoms in total. The van der Waals surface area contributed by atoms with Gasteiger partial charge in [-0.3, -0.25) is 0 Å². The highest BCUT2D eigenvalue weighted by molar-refractivity contribution is 5.53. The van der Waals surface area contributed by atoms with Gasteiger partial charge in [-0.05, 0) is 17.1 Å². The Morgan fingerprint density at radius 3 is 2.60 bits per heavy atom. The summed E-state index contributed by atoms with van der Waals surface area (Å²) in [5.74, 6) is 0.824. The molecule has 0 fully saturated rings. The minimum atomic E-state index is -4.94. The molecule has 1 aromatic rings. The van der Waals surface area contributed by atoms with Crippen molar-refractivity contribution in [3.05, 3.63) is 24.3 Å². The van der Waals surface area contributed by atoms with E-state index in [9.17, 15) is 0 Å². The summed E-state index contributed by atoms with van der Waals surface area (Å²) in [6, 6.07) is 0. The van der Waals surface area contributed by atoms with Gasteiger partial charge in [0.1, 0.15) is 12.8 Å². The molecule has 1 aromatic heterocycles. The third-order valence-corrected chi connectivity index (χ3v) is 1.36. The van der Waals surface area contributed by atoms with Crippen LogP contribution < -0.4 is 28.4 Å². The Morgan fingerprint density at radius 2 is 2.00 bits per heavy atom. The molecular weight excluding hydrogens is 228 g/mol. The first-order chi connectivity index (χ1) is 6.97. The highest BCUT2D eigenvalue weighted by atomic mass is 35.7. The van der Waals surface area contributed by atoms with Gasteiger partial charge in [0.15, 0.2) is 0 Å². The quantitative estimate of drug-likeness (QED) is 0.445. The Bertz CT molecular complexity index is 345. The Labute approximate surface area is 87.0 Å². The average molecular weight is 235 g/mol. The SMILES string of the molecule is C1=Cc2nc[nH+]cc2OC1.[O-][Cl+3]([O-])([O-])[O-]. The fraction of sp³-hybridized carbons (Fsp3) is 0.143. The van der Waals surface area contributed by atoms with E-state index in [1.807, 2.05) is 12.2 Å². The molecule has 8 heteroatoms. The van der Waals surface area contributed by atoms with Crippen molar-refractivity contribution >= 4 is 6.08 Å². The number of nitrogens with zero attached hydrogens (tertiary/aromatic N) is 1. The smallest absolute Gasteiger partial charge is 0.284 e. The summed E-state index contributed by atoms with van der Waals surface area (Å²) in [5, 5.41) is 0. The molecule has 0 aliphatic carbocycles. The van der Waals surface area contributed by atoms with Gasteiger partial charge in [0, 0.05) is 0 Å². The number of rotatable bonds is 0. The summed E-state index contributed by atoms with van der Waals surface area (Å²) in [4.78, 5) is 6.90. The number of halogens is 1. The van der Waals surface area contributed by atoms with E-state index in [1.165, 1.54) is 0 Å². The zero-order chi connectivity index (χ0) is 11.3. The molecule has 0 bridgehead atoms.